The highest BCUT2D eigenvalue weighted by Gasteiger charge is 2.27. The third-order valence-electron chi connectivity index (χ3n) is 5.30. The quantitative estimate of drug-likeness (QED) is 0.744. The molecule has 0 radical (unpaired) electrons. The van der Waals surface area contributed by atoms with Gasteiger partial charge in [-0.1, -0.05) is 33.3 Å². The summed E-state index contributed by atoms with van der Waals surface area (Å²) in [5, 5.41) is 7.84. The van der Waals surface area contributed by atoms with Gasteiger partial charge in [0.2, 0.25) is 5.91 Å². The van der Waals surface area contributed by atoms with Crippen LogP contribution in [0, 0.1) is 19.8 Å². The van der Waals surface area contributed by atoms with Crippen LogP contribution >= 0.6 is 0 Å². The van der Waals surface area contributed by atoms with Crippen LogP contribution in [0.2, 0.25) is 0 Å². The Labute approximate surface area is 173 Å². The van der Waals surface area contributed by atoms with Crippen LogP contribution in [0.15, 0.2) is 24.3 Å². The van der Waals surface area contributed by atoms with E-state index in [0.717, 1.165) is 47.7 Å². The average Bonchev–Trinajstić information content (AvgIpc) is 2.88. The largest absolute Gasteiger partial charge is 0.490 e. The van der Waals surface area contributed by atoms with Crippen molar-refractivity contribution in [3.05, 3.63) is 41.2 Å². The first-order valence-corrected chi connectivity index (χ1v) is 10.6. The van der Waals surface area contributed by atoms with Crippen molar-refractivity contribution in [3.63, 3.8) is 0 Å². The molecular formula is C23H33N3O3. The molecule has 0 fully saturated rings. The highest BCUT2D eigenvalue weighted by atomic mass is 16.5. The van der Waals surface area contributed by atoms with Gasteiger partial charge in [0.25, 0.3) is 0 Å². The number of nitrogens with zero attached hydrogens (tertiary/aromatic N) is 2. The van der Waals surface area contributed by atoms with E-state index in [1.165, 1.54) is 0 Å². The first-order chi connectivity index (χ1) is 13.9. The highest BCUT2D eigenvalue weighted by molar-refractivity contribution is 5.80. The molecule has 29 heavy (non-hydrogen) atoms. The van der Waals surface area contributed by atoms with Gasteiger partial charge in [-0.3, -0.25) is 9.48 Å². The van der Waals surface area contributed by atoms with Crippen LogP contribution in [-0.4, -0.2) is 28.9 Å². The first kappa shape index (κ1) is 21.2. The summed E-state index contributed by atoms with van der Waals surface area (Å²) in [5.74, 6) is 1.76. The van der Waals surface area contributed by atoms with E-state index in [4.69, 9.17) is 9.47 Å². The number of carbonyl (C=O) groups is 1. The lowest BCUT2D eigenvalue weighted by atomic mass is 9.95. The maximum atomic E-state index is 13.3. The number of ether oxygens (including phenoxy) is 2. The Morgan fingerprint density at radius 1 is 1.17 bits per heavy atom. The minimum atomic E-state index is -0.310. The van der Waals surface area contributed by atoms with Crippen molar-refractivity contribution in [2.45, 2.75) is 66.0 Å². The molecule has 1 aromatic carbocycles. The molecule has 0 aliphatic carbocycles. The monoisotopic (exact) mass is 399 g/mol. The number of aryl methyl sites for hydroxylation is 2. The van der Waals surface area contributed by atoms with E-state index in [0.29, 0.717) is 13.2 Å². The zero-order chi connectivity index (χ0) is 21.0. The second-order valence-corrected chi connectivity index (χ2v) is 8.16. The third-order valence-corrected chi connectivity index (χ3v) is 5.30. The van der Waals surface area contributed by atoms with Crippen molar-refractivity contribution in [1.29, 1.82) is 0 Å². The molecule has 158 valence electrons. The lowest BCUT2D eigenvalue weighted by Crippen LogP contribution is -2.38. The van der Waals surface area contributed by atoms with Gasteiger partial charge in [0, 0.05) is 12.1 Å². The van der Waals surface area contributed by atoms with Crippen LogP contribution in [0.3, 0.4) is 0 Å². The lowest BCUT2D eigenvalue weighted by Gasteiger charge is -2.27. The Hall–Kier alpha value is -2.50. The van der Waals surface area contributed by atoms with Crippen molar-refractivity contribution in [3.8, 4) is 11.5 Å². The van der Waals surface area contributed by atoms with Gasteiger partial charge < -0.3 is 14.8 Å². The van der Waals surface area contributed by atoms with E-state index in [9.17, 15) is 4.79 Å². The van der Waals surface area contributed by atoms with Crippen LogP contribution in [-0.2, 0) is 4.79 Å². The number of nitrogens with one attached hydrogen (secondary N) is 1. The Morgan fingerprint density at radius 2 is 1.90 bits per heavy atom. The topological polar surface area (TPSA) is 65.4 Å². The van der Waals surface area contributed by atoms with Crippen LogP contribution in [0.1, 0.15) is 69.1 Å². The highest BCUT2D eigenvalue weighted by Crippen LogP contribution is 2.34. The Bertz CT molecular complexity index is 844. The van der Waals surface area contributed by atoms with Gasteiger partial charge in [-0.05, 0) is 49.9 Å². The summed E-state index contributed by atoms with van der Waals surface area (Å²) < 4.78 is 13.5. The molecule has 1 N–H and O–H groups in total. The van der Waals surface area contributed by atoms with Gasteiger partial charge in [0.05, 0.1) is 24.9 Å². The molecule has 6 heteroatoms. The van der Waals surface area contributed by atoms with Gasteiger partial charge >= 0.3 is 0 Å². The van der Waals surface area contributed by atoms with E-state index < -0.39 is 0 Å². The predicted octanol–water partition coefficient (Wildman–Crippen LogP) is 4.52. The molecule has 2 heterocycles. The zero-order valence-electron chi connectivity index (χ0n) is 18.2. The molecule has 0 bridgehead atoms. The first-order valence-electron chi connectivity index (χ1n) is 10.6. The van der Waals surface area contributed by atoms with Gasteiger partial charge in [-0.15, -0.1) is 0 Å². The number of benzene rings is 1. The van der Waals surface area contributed by atoms with Gasteiger partial charge in [-0.25, -0.2) is 0 Å². The van der Waals surface area contributed by atoms with Gasteiger partial charge in [-0.2, -0.15) is 5.10 Å². The molecule has 3 rings (SSSR count). The molecule has 0 spiro atoms. The van der Waals surface area contributed by atoms with E-state index in [2.05, 4.69) is 31.2 Å². The molecule has 2 aromatic rings. The van der Waals surface area contributed by atoms with Crippen LogP contribution in [0.25, 0.3) is 0 Å². The molecule has 1 aliphatic heterocycles. The van der Waals surface area contributed by atoms with Crippen LogP contribution < -0.4 is 14.8 Å². The fourth-order valence-electron chi connectivity index (χ4n) is 3.86. The summed E-state index contributed by atoms with van der Waals surface area (Å²) in [6.45, 7) is 11.6. The van der Waals surface area contributed by atoms with Crippen LogP contribution in [0.4, 0.5) is 0 Å². The molecule has 1 aromatic heterocycles. The number of amides is 1. The smallest absolute Gasteiger partial charge is 0.245 e. The number of fused-ring (bicyclic) bond motifs is 1. The second kappa shape index (κ2) is 9.33. The minimum Gasteiger partial charge on any atom is -0.490 e. The second-order valence-electron chi connectivity index (χ2n) is 8.16. The maximum Gasteiger partial charge on any atom is 0.245 e. The van der Waals surface area contributed by atoms with E-state index >= 15 is 0 Å². The van der Waals surface area contributed by atoms with E-state index in [1.807, 2.05) is 42.8 Å². The number of hydrogen-bond acceptors (Lipinski definition) is 4. The summed E-state index contributed by atoms with van der Waals surface area (Å²) in [5.41, 5.74) is 2.97. The number of hydrogen-bond donors (Lipinski definition) is 1. The molecule has 1 amide bonds. The summed E-state index contributed by atoms with van der Waals surface area (Å²) in [6.07, 6.45) is 2.53. The molecule has 2 atom stereocenters. The van der Waals surface area contributed by atoms with Crippen LogP contribution in [0.5, 0.6) is 11.5 Å². The standard InChI is InChI=1S/C23H33N3O3/c1-6-8-19(26-17(5)13-16(4)25-26)23(27)24-22(15(2)3)18-9-10-20-21(14-18)29-12-7-11-28-20/h9-10,13-15,19,22H,6-8,11-12H2,1-5H3,(H,24,27)/t19-,22+/m1/s1. The molecule has 1 aliphatic rings. The Morgan fingerprint density at radius 3 is 2.52 bits per heavy atom. The lowest BCUT2D eigenvalue weighted by molar-refractivity contribution is -0.126. The minimum absolute atomic E-state index is 0.00358. The SMILES string of the molecule is CCC[C@H](C(=O)N[C@H](c1ccc2c(c1)OCCCO2)C(C)C)n1nc(C)cc1C. The molecule has 0 saturated carbocycles. The average molecular weight is 400 g/mol. The summed E-state index contributed by atoms with van der Waals surface area (Å²) in [6, 6.07) is 7.56. The fourth-order valence-corrected chi connectivity index (χ4v) is 3.86. The Kier molecular flexibility index (Phi) is 6.83. The van der Waals surface area contributed by atoms with Crippen molar-refractivity contribution in [1.82, 2.24) is 15.1 Å². The third kappa shape index (κ3) is 4.92. The normalized spacial score (nSPS) is 15.7. The van der Waals surface area contributed by atoms with Gasteiger partial charge in [0.15, 0.2) is 11.5 Å². The van der Waals surface area contributed by atoms with Crippen molar-refractivity contribution >= 4 is 5.91 Å². The maximum absolute atomic E-state index is 13.3. The molecular weight excluding hydrogens is 366 g/mol. The van der Waals surface area contributed by atoms with Gasteiger partial charge in [0.1, 0.15) is 6.04 Å². The number of carbonyl (C=O) groups excluding carboxylic acids is 1. The molecule has 0 unspecified atom stereocenters. The molecule has 0 saturated heterocycles. The Balaban J connectivity index is 1.85. The van der Waals surface area contributed by atoms with E-state index in [1.54, 1.807) is 0 Å². The van der Waals surface area contributed by atoms with Crippen molar-refractivity contribution in [2.24, 2.45) is 5.92 Å². The fraction of sp³-hybridized carbons (Fsp3) is 0.565. The van der Waals surface area contributed by atoms with Crippen molar-refractivity contribution in [2.75, 3.05) is 13.2 Å². The summed E-state index contributed by atoms with van der Waals surface area (Å²) in [4.78, 5) is 13.3. The zero-order valence-corrected chi connectivity index (χ0v) is 18.2. The summed E-state index contributed by atoms with van der Waals surface area (Å²) in [7, 11) is 0. The predicted molar refractivity (Wildman–Crippen MR) is 113 cm³/mol. The number of rotatable bonds is 7. The van der Waals surface area contributed by atoms with Crippen molar-refractivity contribution < 1.29 is 14.3 Å². The number of aromatic nitrogens is 2. The summed E-state index contributed by atoms with van der Waals surface area (Å²) >= 11 is 0. The molecule has 6 nitrogen and oxygen atoms in total. The van der Waals surface area contributed by atoms with E-state index in [-0.39, 0.29) is 23.9 Å².